The summed E-state index contributed by atoms with van der Waals surface area (Å²) in [7, 11) is 0. The summed E-state index contributed by atoms with van der Waals surface area (Å²) < 4.78 is 1.94. The van der Waals surface area contributed by atoms with Crippen molar-refractivity contribution in [3.05, 3.63) is 54.0 Å². The van der Waals surface area contributed by atoms with Gasteiger partial charge in [0.1, 0.15) is 0 Å². The van der Waals surface area contributed by atoms with E-state index in [1.807, 2.05) is 42.0 Å². The van der Waals surface area contributed by atoms with E-state index in [1.54, 1.807) is 0 Å². The molecule has 0 amide bonds. The van der Waals surface area contributed by atoms with Crippen molar-refractivity contribution in [1.82, 2.24) is 14.6 Å². The minimum absolute atomic E-state index is 0.487. The number of pyridine rings is 2. The molecule has 0 aliphatic heterocycles. The maximum absolute atomic E-state index is 4.55. The predicted octanol–water partition coefficient (Wildman–Crippen LogP) is 3.83. The summed E-state index contributed by atoms with van der Waals surface area (Å²) in [4.78, 5) is 4.55. The van der Waals surface area contributed by atoms with Crippen LogP contribution >= 0.6 is 0 Å². The third-order valence-electron chi connectivity index (χ3n) is 3.35. The first-order valence-corrected chi connectivity index (χ1v) is 6.56. The van der Waals surface area contributed by atoms with Crippen LogP contribution in [0.4, 0.5) is 0 Å². The van der Waals surface area contributed by atoms with E-state index in [2.05, 4.69) is 36.1 Å². The van der Waals surface area contributed by atoms with Gasteiger partial charge in [-0.25, -0.2) is 4.52 Å². The van der Waals surface area contributed by atoms with E-state index in [1.165, 1.54) is 11.1 Å². The topological polar surface area (TPSA) is 30.2 Å². The molecule has 0 unspecified atom stereocenters. The summed E-state index contributed by atoms with van der Waals surface area (Å²) in [6.07, 6.45) is 4.00. The zero-order valence-electron chi connectivity index (χ0n) is 11.5. The average molecular weight is 251 g/mol. The molecule has 0 aliphatic carbocycles. The van der Waals surface area contributed by atoms with E-state index in [4.69, 9.17) is 0 Å². The van der Waals surface area contributed by atoms with Crippen molar-refractivity contribution in [3.8, 4) is 11.3 Å². The van der Waals surface area contributed by atoms with Crippen LogP contribution < -0.4 is 0 Å². The standard InChI is InChI=1S/C16H17N3/c1-11(2)14-9-17-19-10-13(7-8-16(14)19)15-6-4-5-12(3)18-15/h4-11H,1-3H3. The van der Waals surface area contributed by atoms with Crippen LogP contribution in [0.15, 0.2) is 42.7 Å². The van der Waals surface area contributed by atoms with Crippen molar-refractivity contribution in [3.63, 3.8) is 0 Å². The normalized spacial score (nSPS) is 11.4. The van der Waals surface area contributed by atoms with E-state index in [9.17, 15) is 0 Å². The summed E-state index contributed by atoms with van der Waals surface area (Å²) in [6.45, 7) is 6.38. The summed E-state index contributed by atoms with van der Waals surface area (Å²) in [5, 5.41) is 4.44. The molecule has 0 saturated heterocycles. The lowest BCUT2D eigenvalue weighted by atomic mass is 10.1. The second kappa shape index (κ2) is 4.50. The van der Waals surface area contributed by atoms with Crippen molar-refractivity contribution >= 4 is 5.52 Å². The summed E-state index contributed by atoms with van der Waals surface area (Å²) in [6, 6.07) is 10.3. The van der Waals surface area contributed by atoms with E-state index in [0.717, 1.165) is 17.0 Å². The van der Waals surface area contributed by atoms with Crippen molar-refractivity contribution in [1.29, 1.82) is 0 Å². The van der Waals surface area contributed by atoms with Crippen LogP contribution in [0.2, 0.25) is 0 Å². The molecule has 96 valence electrons. The Morgan fingerprint density at radius 1 is 1.11 bits per heavy atom. The Morgan fingerprint density at radius 2 is 1.95 bits per heavy atom. The zero-order valence-corrected chi connectivity index (χ0v) is 11.5. The van der Waals surface area contributed by atoms with Gasteiger partial charge < -0.3 is 0 Å². The Morgan fingerprint density at radius 3 is 2.68 bits per heavy atom. The maximum atomic E-state index is 4.55. The SMILES string of the molecule is Cc1cccc(-c2ccc3c(C(C)C)cnn3c2)n1. The highest BCUT2D eigenvalue weighted by Crippen LogP contribution is 2.23. The maximum Gasteiger partial charge on any atom is 0.0720 e. The zero-order chi connectivity index (χ0) is 13.4. The average Bonchev–Trinajstić information content (AvgIpc) is 2.81. The number of nitrogens with zero attached hydrogens (tertiary/aromatic N) is 3. The van der Waals surface area contributed by atoms with Gasteiger partial charge in [0.2, 0.25) is 0 Å². The first-order chi connectivity index (χ1) is 9.15. The molecule has 3 heteroatoms. The third kappa shape index (κ3) is 2.12. The molecule has 0 spiro atoms. The van der Waals surface area contributed by atoms with Crippen LogP contribution in [0.25, 0.3) is 16.8 Å². The fourth-order valence-electron chi connectivity index (χ4n) is 2.30. The van der Waals surface area contributed by atoms with E-state index in [-0.39, 0.29) is 0 Å². The summed E-state index contributed by atoms with van der Waals surface area (Å²) in [5.41, 5.74) is 5.56. The smallest absolute Gasteiger partial charge is 0.0720 e. The van der Waals surface area contributed by atoms with Gasteiger partial charge in [0.15, 0.2) is 0 Å². The molecule has 0 radical (unpaired) electrons. The molecular formula is C16H17N3. The number of fused-ring (bicyclic) bond motifs is 1. The molecule has 19 heavy (non-hydrogen) atoms. The lowest BCUT2D eigenvalue weighted by Gasteiger charge is -2.05. The molecular weight excluding hydrogens is 234 g/mol. The van der Waals surface area contributed by atoms with Crippen molar-refractivity contribution in [2.45, 2.75) is 26.7 Å². The fourth-order valence-corrected chi connectivity index (χ4v) is 2.30. The first kappa shape index (κ1) is 11.9. The van der Waals surface area contributed by atoms with Gasteiger partial charge in [-0.15, -0.1) is 0 Å². The van der Waals surface area contributed by atoms with Crippen LogP contribution in [-0.4, -0.2) is 14.6 Å². The van der Waals surface area contributed by atoms with Crippen molar-refractivity contribution in [2.24, 2.45) is 0 Å². The minimum atomic E-state index is 0.487. The number of aromatic nitrogens is 3. The number of hydrogen-bond acceptors (Lipinski definition) is 2. The second-order valence-electron chi connectivity index (χ2n) is 5.17. The second-order valence-corrected chi connectivity index (χ2v) is 5.17. The van der Waals surface area contributed by atoms with E-state index >= 15 is 0 Å². The van der Waals surface area contributed by atoms with Gasteiger partial charge in [0.05, 0.1) is 17.4 Å². The highest BCUT2D eigenvalue weighted by Gasteiger charge is 2.08. The largest absolute Gasteiger partial charge is 0.253 e. The first-order valence-electron chi connectivity index (χ1n) is 6.56. The molecule has 0 bridgehead atoms. The van der Waals surface area contributed by atoms with Crippen LogP contribution in [0.5, 0.6) is 0 Å². The summed E-state index contributed by atoms with van der Waals surface area (Å²) >= 11 is 0. The van der Waals surface area contributed by atoms with Gasteiger partial charge in [-0.1, -0.05) is 19.9 Å². The molecule has 3 nitrogen and oxygen atoms in total. The lowest BCUT2D eigenvalue weighted by molar-refractivity contribution is 0.875. The molecule has 0 atom stereocenters. The van der Waals surface area contributed by atoms with Crippen LogP contribution in [0, 0.1) is 6.92 Å². The van der Waals surface area contributed by atoms with Crippen LogP contribution in [0.1, 0.15) is 31.0 Å². The van der Waals surface area contributed by atoms with Gasteiger partial charge in [0.25, 0.3) is 0 Å². The number of aryl methyl sites for hydroxylation is 1. The fraction of sp³-hybridized carbons (Fsp3) is 0.250. The van der Waals surface area contributed by atoms with Gasteiger partial charge in [-0.2, -0.15) is 5.10 Å². The highest BCUT2D eigenvalue weighted by molar-refractivity contribution is 5.64. The van der Waals surface area contributed by atoms with E-state index in [0.29, 0.717) is 5.92 Å². The lowest BCUT2D eigenvalue weighted by Crippen LogP contribution is -1.92. The quantitative estimate of drug-likeness (QED) is 0.693. The number of rotatable bonds is 2. The minimum Gasteiger partial charge on any atom is -0.253 e. The highest BCUT2D eigenvalue weighted by atomic mass is 15.2. The Hall–Kier alpha value is -2.16. The molecule has 3 heterocycles. The predicted molar refractivity (Wildman–Crippen MR) is 77.2 cm³/mol. The summed E-state index contributed by atoms with van der Waals surface area (Å²) in [5.74, 6) is 0.487. The van der Waals surface area contributed by atoms with Crippen molar-refractivity contribution in [2.75, 3.05) is 0 Å². The van der Waals surface area contributed by atoms with Gasteiger partial charge in [-0.05, 0) is 37.1 Å². The molecule has 0 fully saturated rings. The third-order valence-corrected chi connectivity index (χ3v) is 3.35. The molecule has 3 aromatic rings. The molecule has 0 saturated carbocycles. The molecule has 0 aromatic carbocycles. The Bertz CT molecular complexity index is 726. The number of hydrogen-bond donors (Lipinski definition) is 0. The van der Waals surface area contributed by atoms with Gasteiger partial charge in [0, 0.05) is 23.0 Å². The Kier molecular flexibility index (Phi) is 2.82. The molecule has 3 aromatic heterocycles. The monoisotopic (exact) mass is 251 g/mol. The van der Waals surface area contributed by atoms with Gasteiger partial charge >= 0.3 is 0 Å². The molecule has 0 aliphatic rings. The van der Waals surface area contributed by atoms with E-state index < -0.39 is 0 Å². The Labute approximate surface area is 112 Å². The van der Waals surface area contributed by atoms with Gasteiger partial charge in [-0.3, -0.25) is 4.98 Å². The Balaban J connectivity index is 2.12. The molecule has 3 rings (SSSR count). The van der Waals surface area contributed by atoms with Crippen LogP contribution in [-0.2, 0) is 0 Å². The van der Waals surface area contributed by atoms with Crippen LogP contribution in [0.3, 0.4) is 0 Å². The molecule has 0 N–H and O–H groups in total. The van der Waals surface area contributed by atoms with Crippen molar-refractivity contribution < 1.29 is 0 Å².